The standard InChI is InChI=1S/C17H20BrNO/c1-10-6-12(3)17(15(18)7-10)19-9-13-4-5-16(20-13)14-8-11(14)2/h4-7,11,14,19H,8-9H2,1-3H3. The van der Waals surface area contributed by atoms with Crippen molar-refractivity contribution in [2.75, 3.05) is 5.32 Å². The Labute approximate surface area is 128 Å². The Balaban J connectivity index is 1.69. The van der Waals surface area contributed by atoms with Crippen LogP contribution in [0.1, 0.15) is 41.9 Å². The van der Waals surface area contributed by atoms with Crippen LogP contribution in [-0.2, 0) is 6.54 Å². The third kappa shape index (κ3) is 2.78. The second-order valence-electron chi connectivity index (χ2n) is 5.92. The molecule has 2 atom stereocenters. The minimum Gasteiger partial charge on any atom is -0.464 e. The molecule has 2 aromatic rings. The van der Waals surface area contributed by atoms with Gasteiger partial charge in [-0.05, 0) is 71.4 Å². The first-order chi connectivity index (χ1) is 9.54. The fourth-order valence-electron chi connectivity index (χ4n) is 2.72. The maximum Gasteiger partial charge on any atom is 0.123 e. The second kappa shape index (κ2) is 5.28. The number of hydrogen-bond acceptors (Lipinski definition) is 2. The summed E-state index contributed by atoms with van der Waals surface area (Å²) in [6.07, 6.45) is 1.27. The predicted molar refractivity (Wildman–Crippen MR) is 86.2 cm³/mol. The van der Waals surface area contributed by atoms with Crippen molar-refractivity contribution in [1.29, 1.82) is 0 Å². The highest BCUT2D eigenvalue weighted by molar-refractivity contribution is 9.10. The molecular formula is C17H20BrNO. The van der Waals surface area contributed by atoms with Crippen molar-refractivity contribution < 1.29 is 4.42 Å². The zero-order valence-corrected chi connectivity index (χ0v) is 13.8. The number of rotatable bonds is 4. The zero-order chi connectivity index (χ0) is 14.3. The molecule has 0 spiro atoms. The van der Waals surface area contributed by atoms with Crippen LogP contribution in [0.15, 0.2) is 33.2 Å². The van der Waals surface area contributed by atoms with Gasteiger partial charge in [0.05, 0.1) is 12.2 Å². The lowest BCUT2D eigenvalue weighted by molar-refractivity contribution is 0.468. The van der Waals surface area contributed by atoms with Crippen molar-refractivity contribution in [1.82, 2.24) is 0 Å². The van der Waals surface area contributed by atoms with Gasteiger partial charge >= 0.3 is 0 Å². The highest BCUT2D eigenvalue weighted by Gasteiger charge is 2.36. The lowest BCUT2D eigenvalue weighted by Crippen LogP contribution is -2.01. The lowest BCUT2D eigenvalue weighted by atomic mass is 10.1. The maximum absolute atomic E-state index is 5.93. The van der Waals surface area contributed by atoms with E-state index in [0.717, 1.165) is 34.1 Å². The molecule has 1 fully saturated rings. The van der Waals surface area contributed by atoms with Gasteiger partial charge in [0.2, 0.25) is 0 Å². The average Bonchev–Trinajstić information content (AvgIpc) is 2.92. The molecule has 1 aliphatic carbocycles. The van der Waals surface area contributed by atoms with Gasteiger partial charge in [0.15, 0.2) is 0 Å². The number of hydrogen-bond donors (Lipinski definition) is 1. The molecule has 1 aromatic heterocycles. The van der Waals surface area contributed by atoms with Crippen LogP contribution in [0.3, 0.4) is 0 Å². The lowest BCUT2D eigenvalue weighted by Gasteiger charge is -2.11. The summed E-state index contributed by atoms with van der Waals surface area (Å²) < 4.78 is 7.03. The van der Waals surface area contributed by atoms with Crippen LogP contribution in [0.25, 0.3) is 0 Å². The van der Waals surface area contributed by atoms with E-state index in [9.17, 15) is 0 Å². The van der Waals surface area contributed by atoms with Crippen LogP contribution in [0.4, 0.5) is 5.69 Å². The summed E-state index contributed by atoms with van der Waals surface area (Å²) in [4.78, 5) is 0. The Morgan fingerprint density at radius 1 is 1.30 bits per heavy atom. The molecule has 2 unspecified atom stereocenters. The van der Waals surface area contributed by atoms with E-state index in [0.29, 0.717) is 5.92 Å². The van der Waals surface area contributed by atoms with Gasteiger partial charge in [-0.25, -0.2) is 0 Å². The molecule has 0 saturated heterocycles. The summed E-state index contributed by atoms with van der Waals surface area (Å²) in [6, 6.07) is 8.54. The summed E-state index contributed by atoms with van der Waals surface area (Å²) >= 11 is 3.62. The topological polar surface area (TPSA) is 25.2 Å². The van der Waals surface area contributed by atoms with E-state index in [1.54, 1.807) is 0 Å². The number of nitrogens with one attached hydrogen (secondary N) is 1. The first-order valence-corrected chi connectivity index (χ1v) is 7.93. The van der Waals surface area contributed by atoms with E-state index < -0.39 is 0 Å². The average molecular weight is 334 g/mol. The second-order valence-corrected chi connectivity index (χ2v) is 6.77. The van der Waals surface area contributed by atoms with Crippen LogP contribution < -0.4 is 5.32 Å². The van der Waals surface area contributed by atoms with Crippen LogP contribution in [0.2, 0.25) is 0 Å². The molecule has 1 aliphatic rings. The van der Waals surface area contributed by atoms with Gasteiger partial charge in [0.1, 0.15) is 11.5 Å². The molecule has 106 valence electrons. The van der Waals surface area contributed by atoms with Gasteiger partial charge in [-0.3, -0.25) is 0 Å². The molecule has 1 N–H and O–H groups in total. The monoisotopic (exact) mass is 333 g/mol. The smallest absolute Gasteiger partial charge is 0.123 e. The highest BCUT2D eigenvalue weighted by Crippen LogP contribution is 2.47. The first-order valence-electron chi connectivity index (χ1n) is 7.14. The van der Waals surface area contributed by atoms with E-state index in [1.165, 1.54) is 17.5 Å². The summed E-state index contributed by atoms with van der Waals surface area (Å²) in [5.41, 5.74) is 3.66. The van der Waals surface area contributed by atoms with Crippen LogP contribution in [0.5, 0.6) is 0 Å². The number of furan rings is 1. The van der Waals surface area contributed by atoms with Crippen LogP contribution in [-0.4, -0.2) is 0 Å². The Morgan fingerprint density at radius 3 is 2.70 bits per heavy atom. The fourth-order valence-corrected chi connectivity index (χ4v) is 3.54. The molecule has 3 heteroatoms. The molecule has 2 nitrogen and oxygen atoms in total. The van der Waals surface area contributed by atoms with Gasteiger partial charge in [0.25, 0.3) is 0 Å². The zero-order valence-electron chi connectivity index (χ0n) is 12.2. The molecule has 0 amide bonds. The Hall–Kier alpha value is -1.22. The highest BCUT2D eigenvalue weighted by atomic mass is 79.9. The largest absolute Gasteiger partial charge is 0.464 e. The van der Waals surface area contributed by atoms with Gasteiger partial charge in [-0.2, -0.15) is 0 Å². The first kappa shape index (κ1) is 13.7. The van der Waals surface area contributed by atoms with Crippen LogP contribution in [0, 0.1) is 19.8 Å². The Morgan fingerprint density at radius 2 is 2.05 bits per heavy atom. The molecule has 0 radical (unpaired) electrons. The van der Waals surface area contributed by atoms with Crippen molar-refractivity contribution in [3.8, 4) is 0 Å². The van der Waals surface area contributed by atoms with Gasteiger partial charge in [0, 0.05) is 10.4 Å². The summed E-state index contributed by atoms with van der Waals surface area (Å²) in [5.74, 6) is 3.59. The van der Waals surface area contributed by atoms with E-state index in [-0.39, 0.29) is 0 Å². The number of benzene rings is 1. The molecular weight excluding hydrogens is 314 g/mol. The molecule has 3 rings (SSSR count). The molecule has 0 aliphatic heterocycles. The summed E-state index contributed by atoms with van der Waals surface area (Å²) in [6.45, 7) is 7.23. The minimum atomic E-state index is 0.650. The van der Waals surface area contributed by atoms with Crippen LogP contribution >= 0.6 is 15.9 Å². The molecule has 1 heterocycles. The normalized spacial score (nSPS) is 21.0. The SMILES string of the molecule is Cc1cc(C)c(NCc2ccc(C3CC3C)o2)c(Br)c1. The van der Waals surface area contributed by atoms with E-state index in [4.69, 9.17) is 4.42 Å². The fraction of sp³-hybridized carbons (Fsp3) is 0.412. The quantitative estimate of drug-likeness (QED) is 0.810. The third-order valence-electron chi connectivity index (χ3n) is 4.03. The predicted octanol–water partition coefficient (Wildman–Crippen LogP) is 5.39. The van der Waals surface area contributed by atoms with Crippen molar-refractivity contribution >= 4 is 21.6 Å². The third-order valence-corrected chi connectivity index (χ3v) is 4.65. The van der Waals surface area contributed by atoms with Crippen molar-refractivity contribution in [3.05, 3.63) is 51.4 Å². The maximum atomic E-state index is 5.93. The molecule has 0 bridgehead atoms. The van der Waals surface area contributed by atoms with Crippen molar-refractivity contribution in [3.63, 3.8) is 0 Å². The number of anilines is 1. The van der Waals surface area contributed by atoms with Gasteiger partial charge < -0.3 is 9.73 Å². The number of halogens is 1. The summed E-state index contributed by atoms with van der Waals surface area (Å²) in [7, 11) is 0. The van der Waals surface area contributed by atoms with Crippen molar-refractivity contribution in [2.24, 2.45) is 5.92 Å². The molecule has 1 saturated carbocycles. The number of aryl methyl sites for hydroxylation is 2. The van der Waals surface area contributed by atoms with Gasteiger partial charge in [-0.1, -0.05) is 13.0 Å². The summed E-state index contributed by atoms with van der Waals surface area (Å²) in [5, 5.41) is 3.47. The van der Waals surface area contributed by atoms with E-state index in [1.807, 2.05) is 0 Å². The van der Waals surface area contributed by atoms with E-state index in [2.05, 4.69) is 66.3 Å². The minimum absolute atomic E-state index is 0.650. The van der Waals surface area contributed by atoms with Gasteiger partial charge in [-0.15, -0.1) is 0 Å². The molecule has 1 aromatic carbocycles. The van der Waals surface area contributed by atoms with Crippen molar-refractivity contribution in [2.45, 2.75) is 39.7 Å². The van der Waals surface area contributed by atoms with E-state index >= 15 is 0 Å². The Bertz CT molecular complexity index is 609. The Kier molecular flexibility index (Phi) is 3.63. The molecule has 20 heavy (non-hydrogen) atoms.